The summed E-state index contributed by atoms with van der Waals surface area (Å²) in [6.07, 6.45) is 4.45. The number of fused-ring (bicyclic) bond motifs is 1. The maximum Gasteiger partial charge on any atom is 0.248 e. The maximum absolute atomic E-state index is 12.3. The van der Waals surface area contributed by atoms with Crippen molar-refractivity contribution in [3.63, 3.8) is 0 Å². The van der Waals surface area contributed by atoms with Crippen LogP contribution in [0, 0.1) is 0 Å². The Labute approximate surface area is 126 Å². The van der Waals surface area contributed by atoms with Gasteiger partial charge in [-0.25, -0.2) is 0 Å². The molecule has 0 radical (unpaired) electrons. The third-order valence-electron chi connectivity index (χ3n) is 4.71. The van der Waals surface area contributed by atoms with Gasteiger partial charge in [0.15, 0.2) is 0 Å². The van der Waals surface area contributed by atoms with E-state index in [1.165, 1.54) is 12.0 Å². The van der Waals surface area contributed by atoms with E-state index in [0.717, 1.165) is 25.8 Å². The first-order valence-corrected chi connectivity index (χ1v) is 7.89. The Morgan fingerprint density at radius 1 is 1.33 bits per heavy atom. The van der Waals surface area contributed by atoms with Gasteiger partial charge in [-0.3, -0.25) is 4.79 Å². The second-order valence-electron chi connectivity index (χ2n) is 6.06. The fourth-order valence-corrected chi connectivity index (χ4v) is 3.71. The molecule has 2 saturated heterocycles. The minimum Gasteiger partial charge on any atom is -0.375 e. The van der Waals surface area contributed by atoms with Gasteiger partial charge in [0.25, 0.3) is 0 Å². The zero-order valence-electron chi connectivity index (χ0n) is 12.6. The van der Waals surface area contributed by atoms with Crippen LogP contribution in [0.1, 0.15) is 37.3 Å². The number of hydrogen-bond acceptors (Lipinski definition) is 3. The van der Waals surface area contributed by atoms with E-state index in [1.54, 1.807) is 7.11 Å². The average molecular weight is 288 g/mol. The maximum atomic E-state index is 12.3. The van der Waals surface area contributed by atoms with Gasteiger partial charge in [-0.2, -0.15) is 0 Å². The van der Waals surface area contributed by atoms with Crippen LogP contribution < -0.4 is 5.32 Å². The van der Waals surface area contributed by atoms with E-state index in [2.05, 4.69) is 34.5 Å². The van der Waals surface area contributed by atoms with Crippen LogP contribution in [0.3, 0.4) is 0 Å². The van der Waals surface area contributed by atoms with Crippen LogP contribution in [-0.2, 0) is 9.53 Å². The van der Waals surface area contributed by atoms with Crippen LogP contribution in [0.25, 0.3) is 0 Å². The molecule has 2 aliphatic heterocycles. The summed E-state index contributed by atoms with van der Waals surface area (Å²) in [6.45, 7) is 1.06. The van der Waals surface area contributed by atoms with E-state index < -0.39 is 0 Å². The predicted octanol–water partition coefficient (Wildman–Crippen LogP) is 2.12. The van der Waals surface area contributed by atoms with Crippen molar-refractivity contribution in [3.05, 3.63) is 35.9 Å². The number of ether oxygens (including phenoxy) is 1. The molecule has 0 bridgehead atoms. The van der Waals surface area contributed by atoms with Crippen LogP contribution in [0.2, 0.25) is 0 Å². The Bertz CT molecular complexity index is 477. The number of carbonyl (C=O) groups excluding carboxylic acids is 1. The van der Waals surface area contributed by atoms with Crippen LogP contribution >= 0.6 is 0 Å². The monoisotopic (exact) mass is 288 g/mol. The van der Waals surface area contributed by atoms with E-state index >= 15 is 0 Å². The molecule has 2 aliphatic rings. The molecule has 3 rings (SSSR count). The molecule has 1 aromatic carbocycles. The molecule has 3 atom stereocenters. The molecule has 1 aromatic rings. The van der Waals surface area contributed by atoms with Gasteiger partial charge in [-0.05, 0) is 24.8 Å². The van der Waals surface area contributed by atoms with E-state index in [9.17, 15) is 4.79 Å². The molecule has 114 valence electrons. The van der Waals surface area contributed by atoms with Gasteiger partial charge < -0.3 is 15.0 Å². The number of benzene rings is 1. The summed E-state index contributed by atoms with van der Waals surface area (Å²) in [4.78, 5) is 14.4. The Kier molecular flexibility index (Phi) is 4.56. The lowest BCUT2D eigenvalue weighted by molar-refractivity contribution is -0.137. The molecule has 0 aromatic heterocycles. The molecule has 4 nitrogen and oxygen atoms in total. The number of carbonyl (C=O) groups is 1. The van der Waals surface area contributed by atoms with Gasteiger partial charge in [-0.1, -0.05) is 36.8 Å². The van der Waals surface area contributed by atoms with Crippen molar-refractivity contribution in [1.29, 1.82) is 0 Å². The second-order valence-corrected chi connectivity index (χ2v) is 6.06. The zero-order chi connectivity index (χ0) is 14.7. The topological polar surface area (TPSA) is 41.6 Å². The predicted molar refractivity (Wildman–Crippen MR) is 82.0 cm³/mol. The standard InChI is InChI=1S/C17H24N2O2/c1-21-12-17(20)19-10-6-5-9-14-16(19)11-15(18-14)13-7-3-2-4-8-13/h2-4,7-8,14-16,18H,5-6,9-12H2,1H3/t14-,15-,16+/m0/s1. The summed E-state index contributed by atoms with van der Waals surface area (Å²) >= 11 is 0. The lowest BCUT2D eigenvalue weighted by Crippen LogP contribution is -2.47. The lowest BCUT2D eigenvalue weighted by atomic mass is 10.0. The van der Waals surface area contributed by atoms with Crippen molar-refractivity contribution < 1.29 is 9.53 Å². The normalized spacial score (nSPS) is 29.0. The number of rotatable bonds is 3. The van der Waals surface area contributed by atoms with Gasteiger partial charge in [0.05, 0.1) is 0 Å². The third-order valence-corrected chi connectivity index (χ3v) is 4.71. The highest BCUT2D eigenvalue weighted by molar-refractivity contribution is 5.78. The number of nitrogens with zero attached hydrogens (tertiary/aromatic N) is 1. The van der Waals surface area contributed by atoms with Crippen molar-refractivity contribution in [2.24, 2.45) is 0 Å². The van der Waals surface area contributed by atoms with Crippen molar-refractivity contribution in [2.45, 2.75) is 43.8 Å². The second kappa shape index (κ2) is 6.58. The molecule has 4 heteroatoms. The molecule has 0 spiro atoms. The molecule has 2 fully saturated rings. The molecule has 1 N–H and O–H groups in total. The Morgan fingerprint density at radius 2 is 2.14 bits per heavy atom. The van der Waals surface area contributed by atoms with Crippen molar-refractivity contribution >= 4 is 5.91 Å². The summed E-state index contributed by atoms with van der Waals surface area (Å²) in [5.41, 5.74) is 1.32. The summed E-state index contributed by atoms with van der Waals surface area (Å²) in [5, 5.41) is 3.74. The van der Waals surface area contributed by atoms with E-state index in [-0.39, 0.29) is 12.5 Å². The number of hydrogen-bond donors (Lipinski definition) is 1. The summed E-state index contributed by atoms with van der Waals surface area (Å²) in [5.74, 6) is 0.130. The summed E-state index contributed by atoms with van der Waals surface area (Å²) < 4.78 is 5.05. The molecule has 1 amide bonds. The first-order valence-electron chi connectivity index (χ1n) is 7.89. The minimum absolute atomic E-state index is 0.130. The van der Waals surface area contributed by atoms with E-state index in [4.69, 9.17) is 4.74 Å². The van der Waals surface area contributed by atoms with Gasteiger partial charge >= 0.3 is 0 Å². The van der Waals surface area contributed by atoms with E-state index in [0.29, 0.717) is 18.1 Å². The van der Waals surface area contributed by atoms with Gasteiger partial charge in [0.1, 0.15) is 6.61 Å². The van der Waals surface area contributed by atoms with Crippen LogP contribution in [0.4, 0.5) is 0 Å². The first-order chi connectivity index (χ1) is 10.3. The average Bonchev–Trinajstić information content (AvgIpc) is 2.83. The zero-order valence-corrected chi connectivity index (χ0v) is 12.6. The van der Waals surface area contributed by atoms with E-state index in [1.807, 2.05) is 6.07 Å². The molecule has 0 aliphatic carbocycles. The molecular formula is C17H24N2O2. The Hall–Kier alpha value is -1.39. The fourth-order valence-electron chi connectivity index (χ4n) is 3.71. The minimum atomic E-state index is 0.130. The first kappa shape index (κ1) is 14.5. The summed E-state index contributed by atoms with van der Waals surface area (Å²) in [6, 6.07) is 11.6. The van der Waals surface area contributed by atoms with Gasteiger partial charge in [-0.15, -0.1) is 0 Å². The summed E-state index contributed by atoms with van der Waals surface area (Å²) in [7, 11) is 1.59. The number of nitrogens with one attached hydrogen (secondary N) is 1. The molecule has 0 unspecified atom stereocenters. The number of likely N-dealkylation sites (tertiary alicyclic amines) is 1. The highest BCUT2D eigenvalue weighted by Crippen LogP contribution is 2.34. The smallest absolute Gasteiger partial charge is 0.248 e. The number of methoxy groups -OCH3 is 1. The highest BCUT2D eigenvalue weighted by atomic mass is 16.5. The highest BCUT2D eigenvalue weighted by Gasteiger charge is 2.40. The third kappa shape index (κ3) is 3.11. The van der Waals surface area contributed by atoms with Gasteiger partial charge in [0, 0.05) is 31.8 Å². The molecule has 0 saturated carbocycles. The van der Waals surface area contributed by atoms with Crippen LogP contribution in [0.5, 0.6) is 0 Å². The molecule has 21 heavy (non-hydrogen) atoms. The van der Waals surface area contributed by atoms with Crippen LogP contribution in [0.15, 0.2) is 30.3 Å². The number of amides is 1. The van der Waals surface area contributed by atoms with Crippen LogP contribution in [-0.4, -0.2) is 43.2 Å². The van der Waals surface area contributed by atoms with Crippen molar-refractivity contribution in [1.82, 2.24) is 10.2 Å². The van der Waals surface area contributed by atoms with Crippen molar-refractivity contribution in [2.75, 3.05) is 20.3 Å². The Balaban J connectivity index is 1.76. The Morgan fingerprint density at radius 3 is 2.90 bits per heavy atom. The van der Waals surface area contributed by atoms with Gasteiger partial charge in [0.2, 0.25) is 5.91 Å². The molecule has 2 heterocycles. The largest absolute Gasteiger partial charge is 0.375 e. The lowest BCUT2D eigenvalue weighted by Gasteiger charge is -2.30. The fraction of sp³-hybridized carbons (Fsp3) is 0.588. The quantitative estimate of drug-likeness (QED) is 0.926. The van der Waals surface area contributed by atoms with Crippen molar-refractivity contribution in [3.8, 4) is 0 Å². The molecular weight excluding hydrogens is 264 g/mol. The SMILES string of the molecule is COCC(=O)N1CCCC[C@@H]2N[C@H](c3ccccc3)C[C@H]21.